The van der Waals surface area contributed by atoms with Crippen molar-refractivity contribution >= 4 is 17.3 Å². The van der Waals surface area contributed by atoms with Gasteiger partial charge in [-0.15, -0.1) is 6.42 Å². The monoisotopic (exact) mass is 250 g/mol. The van der Waals surface area contributed by atoms with Crippen molar-refractivity contribution in [2.45, 2.75) is 38.8 Å². The Morgan fingerprint density at radius 2 is 2.24 bits per heavy atom. The van der Waals surface area contributed by atoms with E-state index in [9.17, 15) is 0 Å². The van der Waals surface area contributed by atoms with Crippen LogP contribution in [0.15, 0.2) is 22.8 Å². The number of terminal acetylenes is 1. The standard InChI is InChI=1S/C13H18N2OS/c1-4-13(5-2,6-3)15-12(17)14-10-11-8-7-9-16-11/h1,7-9H,5-6,10H2,2-3H3,(H2,14,15,17). The van der Waals surface area contributed by atoms with Gasteiger partial charge in [0.15, 0.2) is 5.11 Å². The summed E-state index contributed by atoms with van der Waals surface area (Å²) in [7, 11) is 0. The molecule has 92 valence electrons. The highest BCUT2D eigenvalue weighted by Gasteiger charge is 2.23. The summed E-state index contributed by atoms with van der Waals surface area (Å²) in [4.78, 5) is 0. The van der Waals surface area contributed by atoms with Gasteiger partial charge in [-0.3, -0.25) is 0 Å². The van der Waals surface area contributed by atoms with Crippen LogP contribution in [0.5, 0.6) is 0 Å². The van der Waals surface area contributed by atoms with E-state index in [-0.39, 0.29) is 5.54 Å². The van der Waals surface area contributed by atoms with Gasteiger partial charge in [0.05, 0.1) is 18.3 Å². The molecule has 4 heteroatoms. The number of furan rings is 1. The number of hydrogen-bond donors (Lipinski definition) is 2. The van der Waals surface area contributed by atoms with Crippen LogP contribution in [0.2, 0.25) is 0 Å². The molecule has 0 atom stereocenters. The van der Waals surface area contributed by atoms with Crippen molar-refractivity contribution < 1.29 is 4.42 Å². The molecular weight excluding hydrogens is 232 g/mol. The Kier molecular flexibility index (Phi) is 5.05. The predicted molar refractivity (Wildman–Crippen MR) is 73.4 cm³/mol. The van der Waals surface area contributed by atoms with E-state index in [4.69, 9.17) is 23.1 Å². The molecule has 0 aliphatic carbocycles. The van der Waals surface area contributed by atoms with Gasteiger partial charge in [-0.05, 0) is 37.2 Å². The summed E-state index contributed by atoms with van der Waals surface area (Å²) in [5.74, 6) is 3.62. The third-order valence-electron chi connectivity index (χ3n) is 2.84. The van der Waals surface area contributed by atoms with Gasteiger partial charge in [-0.2, -0.15) is 0 Å². The first-order valence-corrected chi connectivity index (χ1v) is 6.12. The molecule has 0 spiro atoms. The van der Waals surface area contributed by atoms with Crippen molar-refractivity contribution in [3.8, 4) is 12.3 Å². The summed E-state index contributed by atoms with van der Waals surface area (Å²) in [6, 6.07) is 3.74. The van der Waals surface area contributed by atoms with Crippen LogP contribution in [-0.4, -0.2) is 10.7 Å². The van der Waals surface area contributed by atoms with Crippen LogP contribution >= 0.6 is 12.2 Å². The van der Waals surface area contributed by atoms with E-state index >= 15 is 0 Å². The fraction of sp³-hybridized carbons (Fsp3) is 0.462. The summed E-state index contributed by atoms with van der Waals surface area (Å²) < 4.78 is 5.20. The molecule has 0 saturated carbocycles. The molecule has 0 unspecified atom stereocenters. The Hall–Kier alpha value is -1.47. The van der Waals surface area contributed by atoms with Gasteiger partial charge in [0.1, 0.15) is 5.76 Å². The Balaban J connectivity index is 2.46. The lowest BCUT2D eigenvalue weighted by molar-refractivity contribution is 0.452. The minimum Gasteiger partial charge on any atom is -0.467 e. The van der Waals surface area contributed by atoms with Gasteiger partial charge in [-0.1, -0.05) is 19.8 Å². The smallest absolute Gasteiger partial charge is 0.167 e. The third-order valence-corrected chi connectivity index (χ3v) is 3.09. The van der Waals surface area contributed by atoms with Crippen LogP contribution < -0.4 is 10.6 Å². The molecule has 0 radical (unpaired) electrons. The highest BCUT2D eigenvalue weighted by molar-refractivity contribution is 7.80. The quantitative estimate of drug-likeness (QED) is 0.622. The lowest BCUT2D eigenvalue weighted by Gasteiger charge is -2.28. The molecule has 1 rings (SSSR count). The SMILES string of the molecule is C#CC(CC)(CC)NC(=S)NCc1ccco1. The molecule has 3 nitrogen and oxygen atoms in total. The van der Waals surface area contributed by atoms with E-state index in [0.29, 0.717) is 11.7 Å². The second-order valence-electron chi connectivity index (χ2n) is 3.82. The molecule has 0 aromatic carbocycles. The Bertz CT molecular complexity index is 388. The van der Waals surface area contributed by atoms with Crippen LogP contribution in [0.1, 0.15) is 32.4 Å². The largest absolute Gasteiger partial charge is 0.467 e. The summed E-state index contributed by atoms with van der Waals surface area (Å²) in [5, 5.41) is 6.82. The van der Waals surface area contributed by atoms with Crippen molar-refractivity contribution in [2.75, 3.05) is 0 Å². The highest BCUT2D eigenvalue weighted by atomic mass is 32.1. The van der Waals surface area contributed by atoms with Gasteiger partial charge in [-0.25, -0.2) is 0 Å². The molecule has 1 aromatic heterocycles. The molecule has 0 aliphatic rings. The average Bonchev–Trinajstić information content (AvgIpc) is 2.87. The zero-order chi connectivity index (χ0) is 12.7. The fourth-order valence-electron chi connectivity index (χ4n) is 1.51. The molecule has 2 N–H and O–H groups in total. The zero-order valence-corrected chi connectivity index (χ0v) is 11.1. The Morgan fingerprint density at radius 1 is 1.53 bits per heavy atom. The van der Waals surface area contributed by atoms with Crippen molar-refractivity contribution in [2.24, 2.45) is 0 Å². The first-order valence-electron chi connectivity index (χ1n) is 5.72. The molecule has 0 bridgehead atoms. The molecule has 0 amide bonds. The highest BCUT2D eigenvalue weighted by Crippen LogP contribution is 2.13. The van der Waals surface area contributed by atoms with Gasteiger partial charge in [0.2, 0.25) is 0 Å². The van der Waals surface area contributed by atoms with Crippen molar-refractivity contribution in [1.29, 1.82) is 0 Å². The van der Waals surface area contributed by atoms with E-state index in [1.165, 1.54) is 0 Å². The molecule has 0 aliphatic heterocycles. The molecule has 1 heterocycles. The first-order chi connectivity index (χ1) is 8.15. The summed E-state index contributed by atoms with van der Waals surface area (Å²) in [6.45, 7) is 4.66. The summed E-state index contributed by atoms with van der Waals surface area (Å²) >= 11 is 5.21. The average molecular weight is 250 g/mol. The first kappa shape index (κ1) is 13.6. The normalized spacial score (nSPS) is 10.6. The third kappa shape index (κ3) is 3.79. The molecule has 0 saturated heterocycles. The molecular formula is C13H18N2OS. The van der Waals surface area contributed by atoms with E-state index in [1.807, 2.05) is 26.0 Å². The molecule has 1 aromatic rings. The topological polar surface area (TPSA) is 37.2 Å². The minimum atomic E-state index is -0.354. The van der Waals surface area contributed by atoms with Crippen molar-refractivity contribution in [3.63, 3.8) is 0 Å². The maximum Gasteiger partial charge on any atom is 0.167 e. The number of hydrogen-bond acceptors (Lipinski definition) is 2. The second kappa shape index (κ2) is 6.31. The van der Waals surface area contributed by atoms with Gasteiger partial charge in [0, 0.05) is 0 Å². The van der Waals surface area contributed by atoms with E-state index in [2.05, 4.69) is 16.6 Å². The number of rotatable bonds is 5. The maximum atomic E-state index is 5.55. The lowest BCUT2D eigenvalue weighted by Crippen LogP contribution is -2.50. The summed E-state index contributed by atoms with van der Waals surface area (Å²) in [5.41, 5.74) is -0.354. The lowest BCUT2D eigenvalue weighted by atomic mass is 9.94. The van der Waals surface area contributed by atoms with Crippen molar-refractivity contribution in [1.82, 2.24) is 10.6 Å². The van der Waals surface area contributed by atoms with Gasteiger partial charge < -0.3 is 15.1 Å². The number of thiocarbonyl (C=S) groups is 1. The molecule has 0 fully saturated rings. The number of nitrogens with one attached hydrogen (secondary N) is 2. The molecule has 17 heavy (non-hydrogen) atoms. The van der Waals surface area contributed by atoms with E-state index in [1.54, 1.807) is 6.26 Å². The van der Waals surface area contributed by atoms with Crippen LogP contribution in [0.25, 0.3) is 0 Å². The van der Waals surface area contributed by atoms with Gasteiger partial charge >= 0.3 is 0 Å². The van der Waals surface area contributed by atoms with E-state index in [0.717, 1.165) is 18.6 Å². The Labute approximate surface area is 108 Å². The van der Waals surface area contributed by atoms with Crippen LogP contribution in [0.4, 0.5) is 0 Å². The van der Waals surface area contributed by atoms with Crippen LogP contribution in [0.3, 0.4) is 0 Å². The van der Waals surface area contributed by atoms with Crippen molar-refractivity contribution in [3.05, 3.63) is 24.2 Å². The maximum absolute atomic E-state index is 5.55. The zero-order valence-electron chi connectivity index (χ0n) is 10.2. The predicted octanol–water partition coefficient (Wildman–Crippen LogP) is 2.44. The van der Waals surface area contributed by atoms with E-state index < -0.39 is 0 Å². The van der Waals surface area contributed by atoms with Crippen LogP contribution in [-0.2, 0) is 6.54 Å². The Morgan fingerprint density at radius 3 is 2.71 bits per heavy atom. The fourth-order valence-corrected chi connectivity index (χ4v) is 1.78. The second-order valence-corrected chi connectivity index (χ2v) is 4.23. The minimum absolute atomic E-state index is 0.354. The van der Waals surface area contributed by atoms with Gasteiger partial charge in [0.25, 0.3) is 0 Å². The summed E-state index contributed by atoms with van der Waals surface area (Å²) in [6.07, 6.45) is 8.86. The van der Waals surface area contributed by atoms with Crippen LogP contribution in [0, 0.1) is 12.3 Å².